The first kappa shape index (κ1) is 14.9. The van der Waals surface area contributed by atoms with Gasteiger partial charge in [0.15, 0.2) is 0 Å². The van der Waals surface area contributed by atoms with Gasteiger partial charge in [0, 0.05) is 22.6 Å². The number of benzene rings is 1. The standard InChI is InChI=1S/C9H12Br2N2O3S/c1-16-3-2-13-17(14,15)9-7(11)4-6(10)5-8(9)12/h4-5,13H,2-3,12H2,1H3. The second kappa shape index (κ2) is 6.14. The molecule has 1 rings (SSSR count). The molecule has 5 nitrogen and oxygen atoms in total. The fourth-order valence-corrected chi connectivity index (χ4v) is 4.29. The van der Waals surface area contributed by atoms with Gasteiger partial charge >= 0.3 is 0 Å². The molecule has 0 aliphatic carbocycles. The van der Waals surface area contributed by atoms with E-state index < -0.39 is 10.0 Å². The van der Waals surface area contributed by atoms with E-state index in [1.807, 2.05) is 0 Å². The average Bonchev–Trinajstić information content (AvgIpc) is 2.15. The summed E-state index contributed by atoms with van der Waals surface area (Å²) >= 11 is 6.41. The predicted octanol–water partition coefficient (Wildman–Crippen LogP) is 1.72. The molecule has 0 saturated heterocycles. The number of nitrogens with two attached hydrogens (primary N) is 1. The van der Waals surface area contributed by atoms with Gasteiger partial charge in [-0.05, 0) is 28.1 Å². The summed E-state index contributed by atoms with van der Waals surface area (Å²) in [5.41, 5.74) is 5.88. The zero-order valence-electron chi connectivity index (χ0n) is 9.04. The van der Waals surface area contributed by atoms with E-state index in [1.54, 1.807) is 6.07 Å². The van der Waals surface area contributed by atoms with E-state index in [9.17, 15) is 8.42 Å². The van der Waals surface area contributed by atoms with Crippen LogP contribution in [-0.2, 0) is 14.8 Å². The largest absolute Gasteiger partial charge is 0.398 e. The number of anilines is 1. The van der Waals surface area contributed by atoms with Gasteiger partial charge in [0.2, 0.25) is 10.0 Å². The maximum atomic E-state index is 12.0. The Hall–Kier alpha value is -0.150. The van der Waals surface area contributed by atoms with Crippen LogP contribution in [0.25, 0.3) is 0 Å². The Morgan fingerprint density at radius 1 is 1.41 bits per heavy atom. The van der Waals surface area contributed by atoms with Gasteiger partial charge in [-0.25, -0.2) is 13.1 Å². The summed E-state index contributed by atoms with van der Waals surface area (Å²) in [4.78, 5) is 0.0387. The highest BCUT2D eigenvalue weighted by Crippen LogP contribution is 2.31. The summed E-state index contributed by atoms with van der Waals surface area (Å²) in [7, 11) is -2.14. The zero-order chi connectivity index (χ0) is 13.1. The van der Waals surface area contributed by atoms with E-state index in [0.29, 0.717) is 15.6 Å². The minimum absolute atomic E-state index is 0.0387. The molecule has 0 spiro atoms. The first-order valence-corrected chi connectivity index (χ1v) is 7.68. The molecule has 17 heavy (non-hydrogen) atoms. The van der Waals surface area contributed by atoms with Crippen LogP contribution in [-0.4, -0.2) is 28.7 Å². The van der Waals surface area contributed by atoms with E-state index in [4.69, 9.17) is 10.5 Å². The topological polar surface area (TPSA) is 81.4 Å². The Labute approximate surface area is 117 Å². The van der Waals surface area contributed by atoms with Crippen molar-refractivity contribution in [1.82, 2.24) is 4.72 Å². The molecule has 0 unspecified atom stereocenters. The summed E-state index contributed by atoms with van der Waals surface area (Å²) < 4.78 is 32.2. The lowest BCUT2D eigenvalue weighted by Crippen LogP contribution is -2.28. The van der Waals surface area contributed by atoms with E-state index in [0.717, 1.165) is 0 Å². The Morgan fingerprint density at radius 2 is 2.06 bits per heavy atom. The van der Waals surface area contributed by atoms with Crippen LogP contribution in [0.1, 0.15) is 0 Å². The van der Waals surface area contributed by atoms with Crippen molar-refractivity contribution in [3.05, 3.63) is 21.1 Å². The quantitative estimate of drug-likeness (QED) is 0.595. The molecule has 0 heterocycles. The second-order valence-corrected chi connectivity index (χ2v) is 6.67. The summed E-state index contributed by atoms with van der Waals surface area (Å²) in [5, 5.41) is 0. The summed E-state index contributed by atoms with van der Waals surface area (Å²) in [5.74, 6) is 0. The summed E-state index contributed by atoms with van der Waals surface area (Å²) in [6.45, 7) is 0.494. The van der Waals surface area contributed by atoms with Crippen LogP contribution in [0.15, 0.2) is 26.0 Å². The van der Waals surface area contributed by atoms with Gasteiger partial charge in [-0.1, -0.05) is 15.9 Å². The molecule has 1 aromatic carbocycles. The highest BCUT2D eigenvalue weighted by atomic mass is 79.9. The number of hydrogen-bond acceptors (Lipinski definition) is 4. The summed E-state index contributed by atoms with van der Waals surface area (Å²) in [6.07, 6.45) is 0. The molecule has 0 aromatic heterocycles. The molecule has 0 fully saturated rings. The maximum absolute atomic E-state index is 12.0. The van der Waals surface area contributed by atoms with E-state index >= 15 is 0 Å². The fraction of sp³-hybridized carbons (Fsp3) is 0.333. The first-order chi connectivity index (χ1) is 7.88. The monoisotopic (exact) mass is 386 g/mol. The molecule has 8 heteroatoms. The van der Waals surface area contributed by atoms with Crippen molar-refractivity contribution in [2.24, 2.45) is 0 Å². The lowest BCUT2D eigenvalue weighted by molar-refractivity contribution is 0.204. The number of methoxy groups -OCH3 is 1. The van der Waals surface area contributed by atoms with Crippen LogP contribution in [0.3, 0.4) is 0 Å². The number of nitrogen functional groups attached to an aromatic ring is 1. The van der Waals surface area contributed by atoms with Gasteiger partial charge in [0.1, 0.15) is 4.90 Å². The maximum Gasteiger partial charge on any atom is 0.243 e. The third kappa shape index (κ3) is 3.92. The van der Waals surface area contributed by atoms with Gasteiger partial charge in [-0.3, -0.25) is 0 Å². The van der Waals surface area contributed by atoms with Crippen LogP contribution in [0.2, 0.25) is 0 Å². The fourth-order valence-electron chi connectivity index (χ4n) is 1.21. The Bertz CT molecular complexity index is 482. The first-order valence-electron chi connectivity index (χ1n) is 4.61. The van der Waals surface area contributed by atoms with Crippen molar-refractivity contribution in [2.45, 2.75) is 4.90 Å². The molecule has 0 atom stereocenters. The number of sulfonamides is 1. The molecule has 0 bridgehead atoms. The van der Waals surface area contributed by atoms with E-state index in [-0.39, 0.29) is 17.1 Å². The van der Waals surface area contributed by atoms with Crippen molar-refractivity contribution in [3.63, 3.8) is 0 Å². The molecule has 0 radical (unpaired) electrons. The number of nitrogens with one attached hydrogen (secondary N) is 1. The van der Waals surface area contributed by atoms with E-state index in [1.165, 1.54) is 13.2 Å². The van der Waals surface area contributed by atoms with Gasteiger partial charge < -0.3 is 10.5 Å². The minimum Gasteiger partial charge on any atom is -0.398 e. The second-order valence-electron chi connectivity index (χ2n) is 3.20. The highest BCUT2D eigenvalue weighted by Gasteiger charge is 2.20. The molecule has 0 saturated carbocycles. The van der Waals surface area contributed by atoms with Gasteiger partial charge in [0.25, 0.3) is 0 Å². The summed E-state index contributed by atoms with van der Waals surface area (Å²) in [6, 6.07) is 3.16. The van der Waals surface area contributed by atoms with Gasteiger partial charge in [-0.2, -0.15) is 0 Å². The Kier molecular flexibility index (Phi) is 5.39. The van der Waals surface area contributed by atoms with Crippen molar-refractivity contribution in [2.75, 3.05) is 26.0 Å². The van der Waals surface area contributed by atoms with Crippen molar-refractivity contribution in [1.29, 1.82) is 0 Å². The molecular formula is C9H12Br2N2O3S. The molecular weight excluding hydrogens is 376 g/mol. The Morgan fingerprint density at radius 3 is 2.59 bits per heavy atom. The van der Waals surface area contributed by atoms with Gasteiger partial charge in [0.05, 0.1) is 12.3 Å². The van der Waals surface area contributed by atoms with Crippen LogP contribution in [0, 0.1) is 0 Å². The highest BCUT2D eigenvalue weighted by molar-refractivity contribution is 9.11. The van der Waals surface area contributed by atoms with Crippen LogP contribution in [0.4, 0.5) is 5.69 Å². The molecule has 0 aliphatic rings. The Balaban J connectivity index is 3.07. The zero-order valence-corrected chi connectivity index (χ0v) is 13.0. The lowest BCUT2D eigenvalue weighted by atomic mass is 10.3. The molecule has 0 amide bonds. The predicted molar refractivity (Wildman–Crippen MR) is 73.3 cm³/mol. The third-order valence-corrected chi connectivity index (χ3v) is 4.83. The number of halogens is 2. The van der Waals surface area contributed by atoms with Gasteiger partial charge in [-0.15, -0.1) is 0 Å². The van der Waals surface area contributed by atoms with Crippen LogP contribution >= 0.6 is 31.9 Å². The number of rotatable bonds is 5. The number of hydrogen-bond donors (Lipinski definition) is 2. The van der Waals surface area contributed by atoms with Crippen molar-refractivity contribution in [3.8, 4) is 0 Å². The van der Waals surface area contributed by atoms with Crippen molar-refractivity contribution >= 4 is 47.6 Å². The molecule has 1 aromatic rings. The smallest absolute Gasteiger partial charge is 0.243 e. The number of ether oxygens (including phenoxy) is 1. The van der Waals surface area contributed by atoms with Crippen LogP contribution < -0.4 is 10.5 Å². The van der Waals surface area contributed by atoms with Crippen molar-refractivity contribution < 1.29 is 13.2 Å². The minimum atomic E-state index is -3.63. The lowest BCUT2D eigenvalue weighted by Gasteiger charge is -2.11. The SMILES string of the molecule is COCCNS(=O)(=O)c1c(N)cc(Br)cc1Br. The average molecular weight is 388 g/mol. The third-order valence-electron chi connectivity index (χ3n) is 1.90. The van der Waals surface area contributed by atoms with E-state index in [2.05, 4.69) is 36.6 Å². The molecule has 3 N–H and O–H groups in total. The van der Waals surface area contributed by atoms with Crippen LogP contribution in [0.5, 0.6) is 0 Å². The normalized spacial score (nSPS) is 11.7. The molecule has 96 valence electrons. The molecule has 0 aliphatic heterocycles.